The molecule has 0 radical (unpaired) electrons. The molecule has 8 heteroatoms. The summed E-state index contributed by atoms with van der Waals surface area (Å²) in [6, 6.07) is 12.3. The molecule has 0 spiro atoms. The molecule has 2 N–H and O–H groups in total. The van der Waals surface area contributed by atoms with Gasteiger partial charge in [0.05, 0.1) is 4.90 Å². The fourth-order valence-electron chi connectivity index (χ4n) is 3.76. The summed E-state index contributed by atoms with van der Waals surface area (Å²) < 4.78 is 35.7. The first-order valence-corrected chi connectivity index (χ1v) is 12.8. The molecule has 1 aromatic heterocycles. The van der Waals surface area contributed by atoms with Gasteiger partial charge in [-0.05, 0) is 49.2 Å². The number of aliphatic carboxylic acids is 1. The summed E-state index contributed by atoms with van der Waals surface area (Å²) in [5.41, 5.74) is 1.81. The molecule has 0 bridgehead atoms. The molecular weight excluding hydrogens is 452 g/mol. The van der Waals surface area contributed by atoms with Gasteiger partial charge in [-0.1, -0.05) is 43.9 Å². The maximum Gasteiger partial charge on any atom is 0.322 e. The van der Waals surface area contributed by atoms with E-state index < -0.39 is 22.0 Å². The Morgan fingerprint density at radius 3 is 2.56 bits per heavy atom. The average Bonchev–Trinajstić information content (AvgIpc) is 3.17. The van der Waals surface area contributed by atoms with Gasteiger partial charge >= 0.3 is 5.97 Å². The highest BCUT2D eigenvalue weighted by Crippen LogP contribution is 2.24. The van der Waals surface area contributed by atoms with Crippen molar-refractivity contribution in [1.82, 2.24) is 9.29 Å². The van der Waals surface area contributed by atoms with Crippen LogP contribution >= 0.6 is 0 Å². The minimum absolute atomic E-state index is 0.0327. The lowest BCUT2D eigenvalue weighted by molar-refractivity contribution is -0.138. The van der Waals surface area contributed by atoms with Crippen LogP contribution in [0.2, 0.25) is 0 Å². The van der Waals surface area contributed by atoms with Crippen molar-refractivity contribution in [1.29, 1.82) is 0 Å². The number of sulfonamides is 1. The highest BCUT2D eigenvalue weighted by Gasteiger charge is 2.27. The number of aryl methyl sites for hydroxylation is 1. The molecule has 1 atom stereocenters. The minimum Gasteiger partial charge on any atom is -0.481 e. The molecule has 0 unspecified atom stereocenters. The van der Waals surface area contributed by atoms with Crippen LogP contribution < -0.4 is 9.46 Å². The second kappa shape index (κ2) is 11.7. The maximum atomic E-state index is 12.9. The molecule has 1 heterocycles. The lowest BCUT2D eigenvalue weighted by Gasteiger charge is -2.15. The summed E-state index contributed by atoms with van der Waals surface area (Å²) in [7, 11) is -4.05. The summed E-state index contributed by atoms with van der Waals surface area (Å²) in [4.78, 5) is 12.0. The van der Waals surface area contributed by atoms with Gasteiger partial charge in [0.1, 0.15) is 18.4 Å². The van der Waals surface area contributed by atoms with Gasteiger partial charge < -0.3 is 14.4 Å². The minimum atomic E-state index is -4.05. The molecule has 3 aromatic rings. The number of benzene rings is 2. The van der Waals surface area contributed by atoms with E-state index in [0.29, 0.717) is 5.75 Å². The smallest absolute Gasteiger partial charge is 0.322 e. The molecule has 0 fully saturated rings. The van der Waals surface area contributed by atoms with E-state index in [2.05, 4.69) is 28.1 Å². The number of carbonyl (C=O) groups is 1. The predicted molar refractivity (Wildman–Crippen MR) is 132 cm³/mol. The van der Waals surface area contributed by atoms with Crippen molar-refractivity contribution in [2.45, 2.75) is 57.0 Å². The Kier molecular flexibility index (Phi) is 8.74. The Morgan fingerprint density at radius 1 is 1.15 bits per heavy atom. The van der Waals surface area contributed by atoms with Crippen molar-refractivity contribution in [2.24, 2.45) is 0 Å². The number of carboxylic acid groups (broad SMARTS) is 1. The third-order valence-corrected chi connectivity index (χ3v) is 7.00. The summed E-state index contributed by atoms with van der Waals surface area (Å²) >= 11 is 0. The number of nitrogens with zero attached hydrogens (tertiary/aromatic N) is 1. The largest absolute Gasteiger partial charge is 0.481 e. The fourth-order valence-corrected chi connectivity index (χ4v) is 4.95. The van der Waals surface area contributed by atoms with Crippen LogP contribution in [0, 0.1) is 11.8 Å². The summed E-state index contributed by atoms with van der Waals surface area (Å²) in [5, 5.41) is 10.7. The zero-order chi connectivity index (χ0) is 24.6. The third-order valence-electron chi connectivity index (χ3n) is 5.52. The first-order chi connectivity index (χ1) is 16.4. The Morgan fingerprint density at radius 2 is 1.88 bits per heavy atom. The molecule has 2 aromatic carbocycles. The van der Waals surface area contributed by atoms with Crippen LogP contribution in [0.1, 0.15) is 38.7 Å². The first kappa shape index (κ1) is 25.3. The van der Waals surface area contributed by atoms with E-state index in [1.54, 1.807) is 6.92 Å². The molecule has 0 aliphatic heterocycles. The number of fused-ring (bicyclic) bond motifs is 1. The second-order valence-corrected chi connectivity index (χ2v) is 9.69. The van der Waals surface area contributed by atoms with Gasteiger partial charge in [-0.25, -0.2) is 8.42 Å². The van der Waals surface area contributed by atoms with Crippen LogP contribution in [0.25, 0.3) is 10.9 Å². The molecule has 0 saturated carbocycles. The predicted octanol–water partition coefficient (Wildman–Crippen LogP) is 4.21. The van der Waals surface area contributed by atoms with Gasteiger partial charge in [0.15, 0.2) is 0 Å². The Hall–Kier alpha value is -3.28. The van der Waals surface area contributed by atoms with E-state index in [4.69, 9.17) is 4.74 Å². The fraction of sp³-hybridized carbons (Fsp3) is 0.346. The number of ether oxygens (including phenoxy) is 1. The van der Waals surface area contributed by atoms with Gasteiger partial charge in [-0.2, -0.15) is 4.72 Å². The first-order valence-electron chi connectivity index (χ1n) is 11.3. The number of rotatable bonds is 12. The van der Waals surface area contributed by atoms with Crippen molar-refractivity contribution < 1.29 is 23.1 Å². The van der Waals surface area contributed by atoms with Crippen LogP contribution in [-0.4, -0.2) is 36.7 Å². The number of hydrogen-bond donors (Lipinski definition) is 2. The van der Waals surface area contributed by atoms with Gasteiger partial charge in [0, 0.05) is 30.1 Å². The van der Waals surface area contributed by atoms with Crippen molar-refractivity contribution in [3.05, 3.63) is 60.3 Å². The van der Waals surface area contributed by atoms with E-state index in [0.717, 1.165) is 42.3 Å². The van der Waals surface area contributed by atoms with E-state index in [-0.39, 0.29) is 17.9 Å². The SMILES string of the molecule is CC#CCOc1ccc(S(=O)(=O)N[C@H](Cc2cn(CCCCC)c3ccccc23)C(=O)O)cc1. The van der Waals surface area contributed by atoms with E-state index in [1.807, 2.05) is 30.5 Å². The van der Waals surface area contributed by atoms with Crippen molar-refractivity contribution >= 4 is 26.9 Å². The molecule has 0 aliphatic carbocycles. The Labute approximate surface area is 200 Å². The molecule has 0 saturated heterocycles. The molecular formula is C26H30N2O5S. The van der Waals surface area contributed by atoms with Gasteiger partial charge in [0.2, 0.25) is 10.0 Å². The molecule has 0 amide bonds. The standard InChI is InChI=1S/C26H30N2O5S/c1-3-5-9-16-28-19-20(23-10-7-8-11-25(23)28)18-24(26(29)30)27-34(31,32)22-14-12-21(13-15-22)33-17-6-4-2/h7-8,10-15,19,24,27H,3,5,9,16-18H2,1-2H3,(H,29,30)/t24-/m1/s1. The van der Waals surface area contributed by atoms with Crippen molar-refractivity contribution in [3.63, 3.8) is 0 Å². The van der Waals surface area contributed by atoms with Gasteiger partial charge in [0.25, 0.3) is 0 Å². The number of unbranched alkanes of at least 4 members (excludes halogenated alkanes) is 2. The zero-order valence-electron chi connectivity index (χ0n) is 19.5. The Balaban J connectivity index is 1.80. The lowest BCUT2D eigenvalue weighted by Crippen LogP contribution is -2.42. The number of para-hydroxylation sites is 1. The van der Waals surface area contributed by atoms with Gasteiger partial charge in [-0.15, -0.1) is 5.92 Å². The number of hydrogen-bond acceptors (Lipinski definition) is 4. The van der Waals surface area contributed by atoms with Crippen LogP contribution in [-0.2, 0) is 27.8 Å². The zero-order valence-corrected chi connectivity index (χ0v) is 20.3. The summed E-state index contributed by atoms with van der Waals surface area (Å²) in [6.45, 7) is 4.88. The molecule has 0 aliphatic rings. The van der Waals surface area contributed by atoms with Crippen LogP contribution in [0.15, 0.2) is 59.6 Å². The highest BCUT2D eigenvalue weighted by atomic mass is 32.2. The Bertz CT molecular complexity index is 1280. The maximum absolute atomic E-state index is 12.9. The van der Waals surface area contributed by atoms with Gasteiger partial charge in [-0.3, -0.25) is 4.79 Å². The van der Waals surface area contributed by atoms with Crippen LogP contribution in [0.3, 0.4) is 0 Å². The molecule has 34 heavy (non-hydrogen) atoms. The van der Waals surface area contributed by atoms with Crippen molar-refractivity contribution in [2.75, 3.05) is 6.61 Å². The number of carboxylic acids is 1. The molecule has 7 nitrogen and oxygen atoms in total. The third kappa shape index (κ3) is 6.40. The van der Waals surface area contributed by atoms with Crippen LogP contribution in [0.5, 0.6) is 5.75 Å². The molecule has 3 rings (SSSR count). The van der Waals surface area contributed by atoms with E-state index in [1.165, 1.54) is 24.3 Å². The van der Waals surface area contributed by atoms with E-state index in [9.17, 15) is 18.3 Å². The number of aromatic nitrogens is 1. The monoisotopic (exact) mass is 482 g/mol. The molecule has 180 valence electrons. The normalized spacial score (nSPS) is 12.2. The number of nitrogens with one attached hydrogen (secondary N) is 1. The quantitative estimate of drug-likeness (QED) is 0.298. The lowest BCUT2D eigenvalue weighted by atomic mass is 10.1. The topological polar surface area (TPSA) is 97.6 Å². The highest BCUT2D eigenvalue weighted by molar-refractivity contribution is 7.89. The van der Waals surface area contributed by atoms with E-state index >= 15 is 0 Å². The summed E-state index contributed by atoms with van der Waals surface area (Å²) in [6.07, 6.45) is 5.21. The average molecular weight is 483 g/mol. The summed E-state index contributed by atoms with van der Waals surface area (Å²) in [5.74, 6) is 4.72. The van der Waals surface area contributed by atoms with Crippen LogP contribution in [0.4, 0.5) is 0 Å². The second-order valence-electron chi connectivity index (χ2n) is 7.98. The van der Waals surface area contributed by atoms with Crippen molar-refractivity contribution in [3.8, 4) is 17.6 Å².